The maximum Gasteiger partial charge on any atom is 0.198 e. The van der Waals surface area contributed by atoms with E-state index in [9.17, 15) is 9.18 Å². The predicted octanol–water partition coefficient (Wildman–Crippen LogP) is 4.48. The van der Waals surface area contributed by atoms with Crippen molar-refractivity contribution in [3.05, 3.63) is 62.8 Å². The fourth-order valence-electron chi connectivity index (χ4n) is 1.67. The Morgan fingerprint density at radius 1 is 1.26 bits per heavy atom. The van der Waals surface area contributed by atoms with Crippen LogP contribution in [0.15, 0.2) is 40.9 Å². The van der Waals surface area contributed by atoms with Crippen molar-refractivity contribution < 1.29 is 13.9 Å². The first-order valence-corrected chi connectivity index (χ1v) is 6.54. The van der Waals surface area contributed by atoms with E-state index in [-0.39, 0.29) is 21.6 Å². The molecule has 0 aliphatic rings. The molecule has 0 radical (unpaired) electrons. The lowest BCUT2D eigenvalue weighted by Gasteiger charge is -2.10. The van der Waals surface area contributed by atoms with Gasteiger partial charge in [-0.3, -0.25) is 4.79 Å². The van der Waals surface area contributed by atoms with Crippen LogP contribution in [0.5, 0.6) is 5.75 Å². The third kappa shape index (κ3) is 2.80. The van der Waals surface area contributed by atoms with Gasteiger partial charge in [-0.05, 0) is 34.1 Å². The Morgan fingerprint density at radius 3 is 2.58 bits per heavy atom. The Hall–Kier alpha value is -1.39. The molecule has 0 atom stereocenters. The second-order valence-corrected chi connectivity index (χ2v) is 5.04. The number of benzene rings is 2. The normalized spacial score (nSPS) is 10.3. The molecular weight excluding hydrogens is 335 g/mol. The van der Waals surface area contributed by atoms with Gasteiger partial charge in [0, 0.05) is 11.6 Å². The summed E-state index contributed by atoms with van der Waals surface area (Å²) in [6.45, 7) is 0. The molecule has 0 N–H and O–H groups in total. The first kappa shape index (κ1) is 14.0. The monoisotopic (exact) mass is 342 g/mol. The smallest absolute Gasteiger partial charge is 0.198 e. The topological polar surface area (TPSA) is 26.3 Å². The van der Waals surface area contributed by atoms with Crippen LogP contribution in [-0.4, -0.2) is 12.9 Å². The lowest BCUT2D eigenvalue weighted by Crippen LogP contribution is -2.05. The van der Waals surface area contributed by atoms with Crippen LogP contribution < -0.4 is 4.74 Å². The maximum atomic E-state index is 13.4. The average Bonchev–Trinajstić information content (AvgIpc) is 2.41. The third-order valence-corrected chi connectivity index (χ3v) is 3.54. The molecule has 2 aromatic carbocycles. The minimum atomic E-state index is -0.493. The van der Waals surface area contributed by atoms with Gasteiger partial charge in [0.05, 0.1) is 22.2 Å². The summed E-state index contributed by atoms with van der Waals surface area (Å²) in [5.74, 6) is -0.638. The number of carbonyl (C=O) groups excluding carboxylic acids is 1. The van der Waals surface area contributed by atoms with Crippen LogP contribution in [0.2, 0.25) is 5.02 Å². The summed E-state index contributed by atoms with van der Waals surface area (Å²) < 4.78 is 18.7. The lowest BCUT2D eigenvalue weighted by atomic mass is 10.0. The summed E-state index contributed by atoms with van der Waals surface area (Å²) in [5.41, 5.74) is 0.602. The number of ether oxygens (including phenoxy) is 1. The summed E-state index contributed by atoms with van der Waals surface area (Å²) in [6, 6.07) is 9.23. The zero-order valence-electron chi connectivity index (χ0n) is 9.91. The van der Waals surface area contributed by atoms with Gasteiger partial charge in [0.1, 0.15) is 11.6 Å². The van der Waals surface area contributed by atoms with Gasteiger partial charge in [0.2, 0.25) is 0 Å². The summed E-state index contributed by atoms with van der Waals surface area (Å²) in [7, 11) is 1.38. The van der Waals surface area contributed by atoms with Crippen LogP contribution in [0.25, 0.3) is 0 Å². The van der Waals surface area contributed by atoms with E-state index >= 15 is 0 Å². The van der Waals surface area contributed by atoms with E-state index in [2.05, 4.69) is 15.9 Å². The molecule has 0 aliphatic carbocycles. The molecule has 0 saturated heterocycles. The largest absolute Gasteiger partial charge is 0.496 e. The minimum Gasteiger partial charge on any atom is -0.496 e. The van der Waals surface area contributed by atoms with Gasteiger partial charge in [0.15, 0.2) is 5.78 Å². The molecule has 0 spiro atoms. The minimum absolute atomic E-state index is 0.172. The molecule has 0 saturated carbocycles. The number of rotatable bonds is 3. The molecule has 0 aromatic heterocycles. The number of carbonyl (C=O) groups is 1. The first-order valence-electron chi connectivity index (χ1n) is 5.37. The molecule has 0 amide bonds. The molecule has 19 heavy (non-hydrogen) atoms. The van der Waals surface area contributed by atoms with E-state index in [4.69, 9.17) is 16.3 Å². The molecule has 2 nitrogen and oxygen atoms in total. The van der Waals surface area contributed by atoms with Crippen molar-refractivity contribution in [2.24, 2.45) is 0 Å². The van der Waals surface area contributed by atoms with Gasteiger partial charge in [-0.15, -0.1) is 0 Å². The van der Waals surface area contributed by atoms with Crippen LogP contribution in [-0.2, 0) is 0 Å². The second-order valence-electron chi connectivity index (χ2n) is 3.78. The molecular formula is C14H9BrClFO2. The van der Waals surface area contributed by atoms with Crippen molar-refractivity contribution in [2.75, 3.05) is 7.11 Å². The van der Waals surface area contributed by atoms with Gasteiger partial charge in [-0.1, -0.05) is 23.7 Å². The molecule has 0 aliphatic heterocycles. The van der Waals surface area contributed by atoms with Crippen LogP contribution in [0, 0.1) is 5.82 Å². The number of ketones is 1. The average molecular weight is 344 g/mol. The van der Waals surface area contributed by atoms with Crippen LogP contribution >= 0.6 is 27.5 Å². The van der Waals surface area contributed by atoms with E-state index in [0.717, 1.165) is 6.07 Å². The van der Waals surface area contributed by atoms with Gasteiger partial charge in [-0.25, -0.2) is 4.39 Å². The van der Waals surface area contributed by atoms with Crippen LogP contribution in [0.3, 0.4) is 0 Å². The Kier molecular flexibility index (Phi) is 4.22. The standard InChI is InChI=1S/C14H9BrClFO2/c1-19-13-7-12(17)10(15)6-9(13)14(18)8-4-2-3-5-11(8)16/h2-7H,1H3. The SMILES string of the molecule is COc1cc(F)c(Br)cc1C(=O)c1ccccc1Cl. The number of halogens is 3. The van der Waals surface area contributed by atoms with E-state index < -0.39 is 5.82 Å². The highest BCUT2D eigenvalue weighted by Gasteiger charge is 2.19. The second kappa shape index (κ2) is 5.72. The zero-order valence-corrected chi connectivity index (χ0v) is 12.3. The van der Waals surface area contributed by atoms with Crippen LogP contribution in [0.4, 0.5) is 4.39 Å². The number of methoxy groups -OCH3 is 1. The van der Waals surface area contributed by atoms with Gasteiger partial charge < -0.3 is 4.74 Å². The van der Waals surface area contributed by atoms with Crippen molar-refractivity contribution >= 4 is 33.3 Å². The third-order valence-electron chi connectivity index (χ3n) is 2.61. The highest BCUT2D eigenvalue weighted by atomic mass is 79.9. The van der Waals surface area contributed by atoms with Gasteiger partial charge in [0.25, 0.3) is 0 Å². The summed E-state index contributed by atoms with van der Waals surface area (Å²) in [4.78, 5) is 12.4. The van der Waals surface area contributed by atoms with Gasteiger partial charge in [-0.2, -0.15) is 0 Å². The Balaban J connectivity index is 2.56. The van der Waals surface area contributed by atoms with E-state index in [1.165, 1.54) is 13.2 Å². The quantitative estimate of drug-likeness (QED) is 0.768. The van der Waals surface area contributed by atoms with E-state index in [1.54, 1.807) is 24.3 Å². The van der Waals surface area contributed by atoms with E-state index in [0.29, 0.717) is 10.6 Å². The Bertz CT molecular complexity index is 643. The molecule has 2 rings (SSSR count). The summed E-state index contributed by atoms with van der Waals surface area (Å²) in [6.07, 6.45) is 0. The molecule has 98 valence electrons. The highest BCUT2D eigenvalue weighted by molar-refractivity contribution is 9.10. The zero-order chi connectivity index (χ0) is 14.0. The summed E-state index contributed by atoms with van der Waals surface area (Å²) >= 11 is 9.04. The number of hydrogen-bond donors (Lipinski definition) is 0. The van der Waals surface area contributed by atoms with Crippen molar-refractivity contribution in [3.63, 3.8) is 0 Å². The highest BCUT2D eigenvalue weighted by Crippen LogP contribution is 2.29. The Labute approximate surface area is 123 Å². The van der Waals surface area contributed by atoms with Gasteiger partial charge >= 0.3 is 0 Å². The Morgan fingerprint density at radius 2 is 1.95 bits per heavy atom. The van der Waals surface area contributed by atoms with Crippen molar-refractivity contribution in [3.8, 4) is 5.75 Å². The first-order chi connectivity index (χ1) is 9.04. The lowest BCUT2D eigenvalue weighted by molar-refractivity contribution is 0.103. The molecule has 2 aromatic rings. The molecule has 0 fully saturated rings. The fraction of sp³-hybridized carbons (Fsp3) is 0.0714. The van der Waals surface area contributed by atoms with Crippen molar-refractivity contribution in [2.45, 2.75) is 0 Å². The molecule has 0 heterocycles. The van der Waals surface area contributed by atoms with Crippen LogP contribution in [0.1, 0.15) is 15.9 Å². The van der Waals surface area contributed by atoms with Crippen molar-refractivity contribution in [1.29, 1.82) is 0 Å². The fourth-order valence-corrected chi connectivity index (χ4v) is 2.23. The maximum absolute atomic E-state index is 13.4. The molecule has 5 heteroatoms. The summed E-state index contributed by atoms with van der Waals surface area (Å²) in [5, 5.41) is 0.343. The van der Waals surface area contributed by atoms with Crippen molar-refractivity contribution in [1.82, 2.24) is 0 Å². The molecule has 0 unspecified atom stereocenters. The van der Waals surface area contributed by atoms with E-state index in [1.807, 2.05) is 0 Å². The predicted molar refractivity (Wildman–Crippen MR) is 75.5 cm³/mol. The number of hydrogen-bond acceptors (Lipinski definition) is 2. The molecule has 0 bridgehead atoms.